The first-order valence-corrected chi connectivity index (χ1v) is 8.23. The number of benzene rings is 2. The summed E-state index contributed by atoms with van der Waals surface area (Å²) in [5.74, 6) is 0.451. The number of rotatable bonds is 0. The third-order valence-corrected chi connectivity index (χ3v) is 4.31. The summed E-state index contributed by atoms with van der Waals surface area (Å²) in [5, 5.41) is 2.88. The summed E-state index contributed by atoms with van der Waals surface area (Å²) >= 11 is 0. The lowest BCUT2D eigenvalue weighted by Crippen LogP contribution is -2.09. The van der Waals surface area contributed by atoms with Crippen LogP contribution >= 0.6 is 0 Å². The zero-order valence-corrected chi connectivity index (χ0v) is 13.2. The highest BCUT2D eigenvalue weighted by Gasteiger charge is 2.15. The third kappa shape index (κ3) is 3.86. The van der Waals surface area contributed by atoms with E-state index in [4.69, 9.17) is 0 Å². The minimum absolute atomic E-state index is 0.139. The molecule has 2 aliphatic rings. The Hall–Kier alpha value is -2.42. The van der Waals surface area contributed by atoms with Gasteiger partial charge in [-0.05, 0) is 42.9 Å². The number of nitrogens with one attached hydrogen (secondary N) is 1. The molecule has 0 unspecified atom stereocenters. The van der Waals surface area contributed by atoms with Crippen molar-refractivity contribution >= 4 is 17.4 Å². The number of carbonyl (C=O) groups is 2. The summed E-state index contributed by atoms with van der Waals surface area (Å²) in [6.45, 7) is 0. The van der Waals surface area contributed by atoms with Gasteiger partial charge in [0.2, 0.25) is 5.91 Å². The Labute approximate surface area is 136 Å². The van der Waals surface area contributed by atoms with Crippen LogP contribution in [0, 0.1) is 0 Å². The Morgan fingerprint density at radius 1 is 0.696 bits per heavy atom. The molecule has 1 aliphatic heterocycles. The van der Waals surface area contributed by atoms with Crippen molar-refractivity contribution in [3.05, 3.63) is 65.2 Å². The van der Waals surface area contributed by atoms with Gasteiger partial charge in [0, 0.05) is 24.1 Å². The highest BCUT2D eigenvalue weighted by molar-refractivity contribution is 5.98. The summed E-state index contributed by atoms with van der Waals surface area (Å²) < 4.78 is 0. The minimum atomic E-state index is 0.139. The third-order valence-electron chi connectivity index (χ3n) is 4.31. The highest BCUT2D eigenvalue weighted by Crippen LogP contribution is 2.21. The van der Waals surface area contributed by atoms with E-state index >= 15 is 0 Å². The van der Waals surface area contributed by atoms with E-state index in [0.717, 1.165) is 43.4 Å². The van der Waals surface area contributed by atoms with Gasteiger partial charge < -0.3 is 5.32 Å². The van der Waals surface area contributed by atoms with E-state index < -0.39 is 0 Å². The summed E-state index contributed by atoms with van der Waals surface area (Å²) in [4.78, 5) is 22.4. The van der Waals surface area contributed by atoms with Crippen LogP contribution in [-0.4, -0.2) is 11.7 Å². The lowest BCUT2D eigenvalue weighted by molar-refractivity contribution is -0.116. The predicted molar refractivity (Wildman–Crippen MR) is 91.7 cm³/mol. The zero-order chi connectivity index (χ0) is 16.1. The van der Waals surface area contributed by atoms with Crippen molar-refractivity contribution in [1.29, 1.82) is 0 Å². The molecule has 0 saturated carbocycles. The molecule has 1 N–H and O–H groups in total. The molecule has 4 rings (SSSR count). The molecular formula is C20H21NO2. The summed E-state index contributed by atoms with van der Waals surface area (Å²) in [6, 6.07) is 15.9. The van der Waals surface area contributed by atoms with Gasteiger partial charge in [0.05, 0.1) is 0 Å². The van der Waals surface area contributed by atoms with Gasteiger partial charge in [-0.2, -0.15) is 0 Å². The molecule has 0 atom stereocenters. The maximum Gasteiger partial charge on any atom is 0.224 e. The van der Waals surface area contributed by atoms with Crippen LogP contribution < -0.4 is 5.32 Å². The highest BCUT2D eigenvalue weighted by atomic mass is 16.1. The monoisotopic (exact) mass is 307 g/mol. The average Bonchev–Trinajstić information content (AvgIpc) is 2.76. The molecule has 2 aromatic rings. The number of para-hydroxylation sites is 1. The minimum Gasteiger partial charge on any atom is -0.326 e. The first kappa shape index (κ1) is 15.5. The number of hydrogen-bond donors (Lipinski definition) is 1. The fourth-order valence-electron chi connectivity index (χ4n) is 3.10. The van der Waals surface area contributed by atoms with Gasteiger partial charge >= 0.3 is 0 Å². The maximum atomic E-state index is 11.3. The van der Waals surface area contributed by atoms with Gasteiger partial charge in [0.1, 0.15) is 0 Å². The molecule has 0 spiro atoms. The lowest BCUT2D eigenvalue weighted by Gasteiger charge is -2.12. The second-order valence-electron chi connectivity index (χ2n) is 5.99. The van der Waals surface area contributed by atoms with Gasteiger partial charge in [-0.3, -0.25) is 9.59 Å². The lowest BCUT2D eigenvalue weighted by atomic mass is 9.91. The Morgan fingerprint density at radius 2 is 1.35 bits per heavy atom. The Morgan fingerprint density at radius 3 is 2.17 bits per heavy atom. The van der Waals surface area contributed by atoms with Crippen molar-refractivity contribution in [1.82, 2.24) is 0 Å². The van der Waals surface area contributed by atoms with Gasteiger partial charge in [-0.15, -0.1) is 0 Å². The summed E-state index contributed by atoms with van der Waals surface area (Å²) in [6.07, 6.45) is 5.45. The van der Waals surface area contributed by atoms with E-state index in [1.165, 1.54) is 11.1 Å². The topological polar surface area (TPSA) is 46.2 Å². The van der Waals surface area contributed by atoms with Crippen LogP contribution in [0.25, 0.3) is 0 Å². The van der Waals surface area contributed by atoms with E-state index in [-0.39, 0.29) is 5.91 Å². The van der Waals surface area contributed by atoms with Crippen molar-refractivity contribution in [2.24, 2.45) is 0 Å². The van der Waals surface area contributed by atoms with Crippen molar-refractivity contribution in [3.8, 4) is 0 Å². The number of aryl methyl sites for hydroxylation is 2. The number of amides is 1. The molecule has 0 radical (unpaired) electrons. The molecule has 0 aromatic heterocycles. The van der Waals surface area contributed by atoms with Crippen LogP contribution in [0.15, 0.2) is 48.5 Å². The molecule has 3 heteroatoms. The first-order chi connectivity index (χ1) is 11.2. The van der Waals surface area contributed by atoms with Crippen LogP contribution in [0.1, 0.15) is 47.2 Å². The number of fused-ring (bicyclic) bond motifs is 2. The first-order valence-electron chi connectivity index (χ1n) is 8.23. The number of Topliss-reactive ketones (excluding diaryl/α,β-unsaturated/α-hetero) is 1. The van der Waals surface area contributed by atoms with Crippen molar-refractivity contribution in [3.63, 3.8) is 0 Å². The summed E-state index contributed by atoms with van der Waals surface area (Å²) in [5.41, 5.74) is 4.41. The molecule has 1 heterocycles. The second kappa shape index (κ2) is 7.23. The fraction of sp³-hybridized carbons (Fsp3) is 0.300. The van der Waals surface area contributed by atoms with Crippen molar-refractivity contribution < 1.29 is 9.59 Å². The van der Waals surface area contributed by atoms with Crippen LogP contribution in [0.3, 0.4) is 0 Å². The van der Waals surface area contributed by atoms with Gasteiger partial charge in [0.25, 0.3) is 0 Å². The molecular weight excluding hydrogens is 286 g/mol. The standard InChI is InChI=1S/C10H11NO.C10H10O/c12-10-7-3-5-8-4-1-2-6-9(8)11-10;11-10-7-3-5-8-4-1-2-6-9(8)10/h1-2,4,6H,3,5,7H2,(H,11,12);1-2,4,6H,3,5,7H2. The quantitative estimate of drug-likeness (QED) is 0.794. The zero-order valence-electron chi connectivity index (χ0n) is 13.2. The maximum absolute atomic E-state index is 11.3. The molecule has 23 heavy (non-hydrogen) atoms. The molecule has 0 saturated heterocycles. The van der Waals surface area contributed by atoms with Crippen molar-refractivity contribution in [2.45, 2.75) is 38.5 Å². The van der Waals surface area contributed by atoms with Crippen molar-refractivity contribution in [2.75, 3.05) is 5.32 Å². The van der Waals surface area contributed by atoms with E-state index in [1.807, 2.05) is 42.5 Å². The summed E-state index contributed by atoms with van der Waals surface area (Å²) in [7, 11) is 0. The molecule has 3 nitrogen and oxygen atoms in total. The van der Waals surface area contributed by atoms with E-state index in [1.54, 1.807) is 0 Å². The number of anilines is 1. The number of hydrogen-bond acceptors (Lipinski definition) is 2. The van der Waals surface area contributed by atoms with E-state index in [2.05, 4.69) is 11.4 Å². The molecule has 118 valence electrons. The van der Waals surface area contributed by atoms with Gasteiger partial charge in [0.15, 0.2) is 5.78 Å². The van der Waals surface area contributed by atoms with E-state index in [9.17, 15) is 9.59 Å². The predicted octanol–water partition coefficient (Wildman–Crippen LogP) is 4.17. The van der Waals surface area contributed by atoms with Crippen LogP contribution in [-0.2, 0) is 17.6 Å². The fourth-order valence-corrected chi connectivity index (χ4v) is 3.10. The SMILES string of the molecule is O=C1CCCc2ccccc21.O=C1CCCc2ccccc2N1. The van der Waals surface area contributed by atoms with Gasteiger partial charge in [-0.1, -0.05) is 42.5 Å². The second-order valence-corrected chi connectivity index (χ2v) is 5.99. The Kier molecular flexibility index (Phi) is 4.86. The van der Waals surface area contributed by atoms with Gasteiger partial charge in [-0.25, -0.2) is 0 Å². The average molecular weight is 307 g/mol. The Balaban J connectivity index is 0.000000136. The number of carbonyl (C=O) groups excluding carboxylic acids is 2. The molecule has 1 aliphatic carbocycles. The smallest absolute Gasteiger partial charge is 0.224 e. The molecule has 2 aromatic carbocycles. The van der Waals surface area contributed by atoms with Crippen LogP contribution in [0.4, 0.5) is 5.69 Å². The Bertz CT molecular complexity index is 721. The molecule has 1 amide bonds. The normalized spacial score (nSPS) is 16.2. The largest absolute Gasteiger partial charge is 0.326 e. The van der Waals surface area contributed by atoms with Crippen LogP contribution in [0.5, 0.6) is 0 Å². The van der Waals surface area contributed by atoms with E-state index in [0.29, 0.717) is 12.2 Å². The van der Waals surface area contributed by atoms with Crippen LogP contribution in [0.2, 0.25) is 0 Å². The molecule has 0 fully saturated rings. The number of ketones is 1. The molecule has 0 bridgehead atoms.